The normalized spacial score (nSPS) is 19.9. The van der Waals surface area contributed by atoms with Gasteiger partial charge in [0.2, 0.25) is 0 Å². The first-order valence-corrected chi connectivity index (χ1v) is 13.1. The maximum Gasteiger partial charge on any atom is 0.306 e. The molecule has 1 atom stereocenters. The number of aryl methyl sites for hydroxylation is 1. The molecule has 4 heterocycles. The predicted molar refractivity (Wildman–Crippen MR) is 141 cm³/mol. The van der Waals surface area contributed by atoms with Gasteiger partial charge in [-0.1, -0.05) is 0 Å². The fourth-order valence-corrected chi connectivity index (χ4v) is 6.94. The molecule has 0 radical (unpaired) electrons. The number of carboxylic acids is 1. The molecule has 0 bridgehead atoms. The van der Waals surface area contributed by atoms with Crippen LogP contribution >= 0.6 is 11.3 Å². The molecule has 0 saturated carbocycles. The van der Waals surface area contributed by atoms with Gasteiger partial charge in [-0.2, -0.15) is 0 Å². The molecular weight excluding hydrogens is 460 g/mol. The Labute approximate surface area is 208 Å². The third kappa shape index (κ3) is 4.06. The van der Waals surface area contributed by atoms with Crippen molar-refractivity contribution < 1.29 is 9.90 Å². The van der Waals surface area contributed by atoms with Gasteiger partial charge in [0.1, 0.15) is 17.0 Å². The highest BCUT2D eigenvalue weighted by Crippen LogP contribution is 2.42. The number of nitrogens with one attached hydrogen (secondary N) is 1. The number of hydrogen-bond donors (Lipinski definition) is 2. The number of aromatic nitrogens is 2. The summed E-state index contributed by atoms with van der Waals surface area (Å²) < 4.78 is 0. The van der Waals surface area contributed by atoms with Crippen LogP contribution in [0.3, 0.4) is 0 Å². The lowest BCUT2D eigenvalue weighted by Crippen LogP contribution is -2.42. The SMILES string of the molecule is CN(C)C1CCN(c2cc3c(cc2Nc2ncnc4sc5c(c24)CC[C@H](C(=O)O)C5)C=NC3)CC1. The summed E-state index contributed by atoms with van der Waals surface area (Å²) >= 11 is 1.61. The molecule has 1 saturated heterocycles. The maximum atomic E-state index is 11.6. The average molecular weight is 491 g/mol. The molecule has 1 fully saturated rings. The van der Waals surface area contributed by atoms with Crippen molar-refractivity contribution in [2.45, 2.75) is 44.7 Å². The highest BCUT2D eigenvalue weighted by Gasteiger charge is 2.29. The molecule has 1 aromatic carbocycles. The largest absolute Gasteiger partial charge is 0.481 e. The summed E-state index contributed by atoms with van der Waals surface area (Å²) in [6, 6.07) is 5.11. The maximum absolute atomic E-state index is 11.6. The molecule has 3 aromatic rings. The molecule has 3 aliphatic rings. The van der Waals surface area contributed by atoms with Gasteiger partial charge in [0.05, 0.1) is 29.2 Å². The summed E-state index contributed by atoms with van der Waals surface area (Å²) in [5.74, 6) is -0.215. The van der Waals surface area contributed by atoms with E-state index < -0.39 is 5.97 Å². The number of hydrogen-bond acceptors (Lipinski definition) is 8. The second kappa shape index (κ2) is 8.87. The van der Waals surface area contributed by atoms with Crippen molar-refractivity contribution in [2.24, 2.45) is 10.9 Å². The summed E-state index contributed by atoms with van der Waals surface area (Å²) in [5, 5.41) is 14.2. The first-order chi connectivity index (χ1) is 17.0. The minimum atomic E-state index is -0.708. The molecule has 35 heavy (non-hydrogen) atoms. The Kier molecular flexibility index (Phi) is 5.69. The molecule has 182 valence electrons. The summed E-state index contributed by atoms with van der Waals surface area (Å²) in [6.07, 6.45) is 7.82. The van der Waals surface area contributed by atoms with E-state index in [1.165, 1.54) is 16.8 Å². The van der Waals surface area contributed by atoms with Gasteiger partial charge in [-0.15, -0.1) is 11.3 Å². The smallest absolute Gasteiger partial charge is 0.306 e. The number of anilines is 3. The molecule has 0 spiro atoms. The van der Waals surface area contributed by atoms with Crippen molar-refractivity contribution in [1.82, 2.24) is 14.9 Å². The molecule has 2 aliphatic heterocycles. The van der Waals surface area contributed by atoms with Crippen LogP contribution < -0.4 is 10.2 Å². The van der Waals surface area contributed by atoms with Crippen LogP contribution in [0, 0.1) is 5.92 Å². The number of benzene rings is 1. The summed E-state index contributed by atoms with van der Waals surface area (Å²) in [6.45, 7) is 2.76. The number of aliphatic imine (C=N–C) groups is 1. The van der Waals surface area contributed by atoms with Crippen molar-refractivity contribution in [1.29, 1.82) is 0 Å². The van der Waals surface area contributed by atoms with Crippen molar-refractivity contribution >= 4 is 50.9 Å². The zero-order valence-corrected chi connectivity index (χ0v) is 20.9. The zero-order chi connectivity index (χ0) is 24.1. The third-order valence-electron chi connectivity index (χ3n) is 7.73. The molecule has 0 unspecified atom stereocenters. The average Bonchev–Trinajstić information content (AvgIpc) is 3.47. The minimum absolute atomic E-state index is 0.312. The molecule has 1 aliphatic carbocycles. The number of fused-ring (bicyclic) bond motifs is 4. The number of thiophene rings is 1. The number of aliphatic carboxylic acids is 1. The lowest BCUT2D eigenvalue weighted by Gasteiger charge is -2.37. The van der Waals surface area contributed by atoms with E-state index in [4.69, 9.17) is 0 Å². The van der Waals surface area contributed by atoms with Crippen LogP contribution in [0.1, 0.15) is 40.8 Å². The predicted octanol–water partition coefficient (Wildman–Crippen LogP) is 4.09. The quantitative estimate of drug-likeness (QED) is 0.556. The van der Waals surface area contributed by atoms with E-state index in [0.717, 1.165) is 71.1 Å². The van der Waals surface area contributed by atoms with Crippen molar-refractivity contribution in [3.8, 4) is 0 Å². The van der Waals surface area contributed by atoms with Gasteiger partial charge in [-0.05, 0) is 75.0 Å². The molecule has 2 aromatic heterocycles. The van der Waals surface area contributed by atoms with Crippen LogP contribution in [-0.4, -0.2) is 65.4 Å². The second-order valence-electron chi connectivity index (χ2n) is 10.0. The standard InChI is InChI=1S/C26H30N6O2S/c1-31(2)18-5-7-32(8-6-18)21-10-17-13-27-12-16(17)9-20(21)30-24-23-19-4-3-15(26(33)34)11-22(19)35-25(23)29-14-28-24/h9-10,12,14-15,18H,3-8,11,13H2,1-2H3,(H,33,34)(H,28,29,30)/t15-/m0/s1. The van der Waals surface area contributed by atoms with Gasteiger partial charge in [-0.3, -0.25) is 9.79 Å². The first-order valence-electron chi connectivity index (χ1n) is 12.3. The fourth-order valence-electron chi connectivity index (χ4n) is 5.68. The van der Waals surface area contributed by atoms with E-state index in [-0.39, 0.29) is 5.92 Å². The fraction of sp³-hybridized carbons (Fsp3) is 0.462. The van der Waals surface area contributed by atoms with Crippen LogP contribution in [0.15, 0.2) is 23.5 Å². The summed E-state index contributed by atoms with van der Waals surface area (Å²) in [5.41, 5.74) is 5.87. The third-order valence-corrected chi connectivity index (χ3v) is 8.89. The highest BCUT2D eigenvalue weighted by molar-refractivity contribution is 7.19. The Morgan fingerprint density at radius 1 is 1.20 bits per heavy atom. The summed E-state index contributed by atoms with van der Waals surface area (Å²) in [7, 11) is 4.33. The Bertz CT molecular complexity index is 1330. The number of rotatable bonds is 5. The molecule has 2 N–H and O–H groups in total. The second-order valence-corrected chi connectivity index (χ2v) is 11.1. The van der Waals surface area contributed by atoms with E-state index in [1.807, 2.05) is 6.21 Å². The van der Waals surface area contributed by atoms with Crippen molar-refractivity contribution in [2.75, 3.05) is 37.4 Å². The summed E-state index contributed by atoms with van der Waals surface area (Å²) in [4.78, 5) is 32.1. The van der Waals surface area contributed by atoms with Crippen molar-refractivity contribution in [3.05, 3.63) is 40.0 Å². The Hall–Kier alpha value is -3.04. The Morgan fingerprint density at radius 2 is 2.03 bits per heavy atom. The van der Waals surface area contributed by atoms with Crippen LogP contribution in [0.4, 0.5) is 17.2 Å². The van der Waals surface area contributed by atoms with Crippen LogP contribution in [-0.2, 0) is 24.2 Å². The van der Waals surface area contributed by atoms with Gasteiger partial charge in [0.15, 0.2) is 0 Å². The van der Waals surface area contributed by atoms with E-state index in [2.05, 4.69) is 56.3 Å². The van der Waals surface area contributed by atoms with Gasteiger partial charge in [0.25, 0.3) is 0 Å². The Morgan fingerprint density at radius 3 is 2.80 bits per heavy atom. The lowest BCUT2D eigenvalue weighted by atomic mass is 9.88. The van der Waals surface area contributed by atoms with Gasteiger partial charge < -0.3 is 20.2 Å². The monoisotopic (exact) mass is 490 g/mol. The molecule has 9 heteroatoms. The van der Waals surface area contributed by atoms with E-state index in [0.29, 0.717) is 18.9 Å². The van der Waals surface area contributed by atoms with Crippen LogP contribution in [0.2, 0.25) is 0 Å². The number of nitrogens with zero attached hydrogens (tertiary/aromatic N) is 5. The number of piperidine rings is 1. The number of carboxylic acid groups (broad SMARTS) is 1. The molecule has 6 rings (SSSR count). The van der Waals surface area contributed by atoms with Crippen molar-refractivity contribution in [3.63, 3.8) is 0 Å². The highest BCUT2D eigenvalue weighted by atomic mass is 32.1. The number of carbonyl (C=O) groups is 1. The van der Waals surface area contributed by atoms with Gasteiger partial charge in [0, 0.05) is 30.2 Å². The Balaban J connectivity index is 1.37. The van der Waals surface area contributed by atoms with Gasteiger partial charge in [-0.25, -0.2) is 9.97 Å². The van der Waals surface area contributed by atoms with Crippen LogP contribution in [0.5, 0.6) is 0 Å². The lowest BCUT2D eigenvalue weighted by molar-refractivity contribution is -0.142. The minimum Gasteiger partial charge on any atom is -0.481 e. The van der Waals surface area contributed by atoms with E-state index in [9.17, 15) is 9.90 Å². The zero-order valence-electron chi connectivity index (χ0n) is 20.1. The van der Waals surface area contributed by atoms with E-state index >= 15 is 0 Å². The van der Waals surface area contributed by atoms with E-state index in [1.54, 1.807) is 17.7 Å². The van der Waals surface area contributed by atoms with Crippen LogP contribution in [0.25, 0.3) is 10.2 Å². The van der Waals surface area contributed by atoms with Gasteiger partial charge >= 0.3 is 5.97 Å². The molecule has 8 nitrogen and oxygen atoms in total. The first kappa shape index (κ1) is 22.4. The molecule has 0 amide bonds. The topological polar surface area (TPSA) is 94.0 Å². The molecular formula is C26H30N6O2S.